The maximum atomic E-state index is 12.6. The molecule has 2 nitrogen and oxygen atoms in total. The van der Waals surface area contributed by atoms with Crippen LogP contribution in [0.4, 0.5) is 8.78 Å². The molecule has 4 heteroatoms. The van der Waals surface area contributed by atoms with E-state index in [2.05, 4.69) is 0 Å². The van der Waals surface area contributed by atoms with E-state index in [9.17, 15) is 13.6 Å². The molecule has 0 atom stereocenters. The Labute approximate surface area is 80.2 Å². The third-order valence-electron chi connectivity index (χ3n) is 2.63. The molecule has 0 amide bonds. The molecule has 1 aliphatic carbocycles. The number of aromatic nitrogens is 1. The quantitative estimate of drug-likeness (QED) is 0.679. The average molecular weight is 199 g/mol. The van der Waals surface area contributed by atoms with Gasteiger partial charge in [-0.1, -0.05) is 6.07 Å². The number of halogens is 2. The minimum atomic E-state index is -2.71. The summed E-state index contributed by atoms with van der Waals surface area (Å²) in [5.74, 6) is 0. The van der Waals surface area contributed by atoms with Crippen molar-refractivity contribution in [2.45, 2.75) is 32.2 Å². The van der Waals surface area contributed by atoms with Gasteiger partial charge in [0.25, 0.3) is 5.56 Å². The van der Waals surface area contributed by atoms with Crippen LogP contribution in [0.1, 0.15) is 30.6 Å². The van der Waals surface area contributed by atoms with Crippen LogP contribution in [0.5, 0.6) is 0 Å². The molecule has 0 fully saturated rings. The van der Waals surface area contributed by atoms with Gasteiger partial charge in [-0.15, -0.1) is 0 Å². The lowest BCUT2D eigenvalue weighted by molar-refractivity contribution is 0.0624. The zero-order valence-corrected chi connectivity index (χ0v) is 7.67. The lowest BCUT2D eigenvalue weighted by Gasteiger charge is -2.19. The molecular weight excluding hydrogens is 188 g/mol. The second kappa shape index (κ2) is 3.52. The van der Waals surface area contributed by atoms with Crippen LogP contribution in [-0.4, -0.2) is 4.57 Å². The van der Waals surface area contributed by atoms with Crippen LogP contribution in [-0.2, 0) is 12.8 Å². The van der Waals surface area contributed by atoms with Gasteiger partial charge in [0.1, 0.15) is 0 Å². The Kier molecular flexibility index (Phi) is 2.35. The topological polar surface area (TPSA) is 22.0 Å². The van der Waals surface area contributed by atoms with E-state index >= 15 is 0 Å². The maximum Gasteiger partial charge on any atom is 0.321 e. The first kappa shape index (κ1) is 9.37. The molecule has 0 aliphatic heterocycles. The fraction of sp³-hybridized carbons (Fsp3) is 0.500. The third kappa shape index (κ3) is 1.45. The monoisotopic (exact) mass is 199 g/mol. The molecule has 14 heavy (non-hydrogen) atoms. The minimum Gasteiger partial charge on any atom is -0.269 e. The Bertz CT molecular complexity index is 398. The zero-order chi connectivity index (χ0) is 10.1. The Morgan fingerprint density at radius 2 is 1.93 bits per heavy atom. The van der Waals surface area contributed by atoms with Gasteiger partial charge in [0, 0.05) is 11.8 Å². The Morgan fingerprint density at radius 1 is 1.21 bits per heavy atom. The molecular formula is C10H11F2NO. The van der Waals surface area contributed by atoms with Crippen LogP contribution in [0, 0.1) is 0 Å². The number of hydrogen-bond acceptors (Lipinski definition) is 1. The van der Waals surface area contributed by atoms with Gasteiger partial charge in [0.05, 0.1) is 0 Å². The van der Waals surface area contributed by atoms with Gasteiger partial charge in [0.2, 0.25) is 0 Å². The Hall–Kier alpha value is -1.19. The van der Waals surface area contributed by atoms with E-state index in [1.165, 1.54) is 6.07 Å². The predicted octanol–water partition coefficient (Wildman–Crippen LogP) is 2.12. The highest BCUT2D eigenvalue weighted by Gasteiger charge is 2.18. The number of hydrogen-bond donors (Lipinski definition) is 0. The van der Waals surface area contributed by atoms with Crippen molar-refractivity contribution in [2.24, 2.45) is 0 Å². The summed E-state index contributed by atoms with van der Waals surface area (Å²) >= 11 is 0. The molecule has 0 saturated carbocycles. The molecule has 1 aliphatic rings. The van der Waals surface area contributed by atoms with Gasteiger partial charge in [-0.25, -0.2) is 0 Å². The fourth-order valence-corrected chi connectivity index (χ4v) is 1.97. The van der Waals surface area contributed by atoms with Crippen LogP contribution < -0.4 is 5.56 Å². The van der Waals surface area contributed by atoms with Crippen LogP contribution in [0.2, 0.25) is 0 Å². The summed E-state index contributed by atoms with van der Waals surface area (Å²) in [6.07, 6.45) is 3.32. The molecule has 0 N–H and O–H groups in total. The lowest BCUT2D eigenvalue weighted by Crippen LogP contribution is -2.26. The van der Waals surface area contributed by atoms with Crippen molar-refractivity contribution < 1.29 is 8.78 Å². The second-order valence-electron chi connectivity index (χ2n) is 3.50. The summed E-state index contributed by atoms with van der Waals surface area (Å²) in [6, 6.07) is 2.91. The van der Waals surface area contributed by atoms with Gasteiger partial charge in [-0.2, -0.15) is 8.78 Å². The second-order valence-corrected chi connectivity index (χ2v) is 3.50. The van der Waals surface area contributed by atoms with Gasteiger partial charge in [0.15, 0.2) is 0 Å². The van der Waals surface area contributed by atoms with E-state index in [4.69, 9.17) is 0 Å². The summed E-state index contributed by atoms with van der Waals surface area (Å²) in [4.78, 5) is 11.2. The first-order valence-electron chi connectivity index (χ1n) is 4.71. The average Bonchev–Trinajstić information content (AvgIpc) is 2.17. The number of nitrogens with zero attached hydrogens (tertiary/aromatic N) is 1. The molecule has 0 radical (unpaired) electrons. The summed E-state index contributed by atoms with van der Waals surface area (Å²) < 4.78 is 25.8. The smallest absolute Gasteiger partial charge is 0.269 e. The van der Waals surface area contributed by atoms with Gasteiger partial charge in [-0.3, -0.25) is 9.36 Å². The van der Waals surface area contributed by atoms with Crippen molar-refractivity contribution in [1.82, 2.24) is 4.57 Å². The van der Waals surface area contributed by atoms with E-state index in [-0.39, 0.29) is 0 Å². The number of pyridine rings is 1. The molecule has 0 bridgehead atoms. The van der Waals surface area contributed by atoms with Crippen molar-refractivity contribution in [3.8, 4) is 0 Å². The van der Waals surface area contributed by atoms with Gasteiger partial charge in [-0.05, 0) is 31.2 Å². The highest BCUT2D eigenvalue weighted by Crippen LogP contribution is 2.22. The van der Waals surface area contributed by atoms with E-state index in [1.807, 2.05) is 0 Å². The molecule has 0 saturated heterocycles. The summed E-state index contributed by atoms with van der Waals surface area (Å²) in [5, 5.41) is 0. The Balaban J connectivity index is 2.61. The Morgan fingerprint density at radius 3 is 2.64 bits per heavy atom. The van der Waals surface area contributed by atoms with E-state index < -0.39 is 12.1 Å². The molecule has 76 valence electrons. The molecule has 1 aromatic heterocycles. The third-order valence-corrected chi connectivity index (χ3v) is 2.63. The molecule has 0 spiro atoms. The van der Waals surface area contributed by atoms with Crippen molar-refractivity contribution >= 4 is 0 Å². The minimum absolute atomic E-state index is 0.527. The standard InChI is InChI=1S/C10H11F2NO/c11-10(12)13-8-4-2-1-3-7(8)5-6-9(13)14/h5-6,10H,1-4H2. The summed E-state index contributed by atoms with van der Waals surface area (Å²) in [7, 11) is 0. The summed E-state index contributed by atoms with van der Waals surface area (Å²) in [5.41, 5.74) is 0.829. The van der Waals surface area contributed by atoms with E-state index in [0.29, 0.717) is 16.7 Å². The zero-order valence-electron chi connectivity index (χ0n) is 7.67. The van der Waals surface area contributed by atoms with Crippen LogP contribution in [0.25, 0.3) is 0 Å². The van der Waals surface area contributed by atoms with Crippen molar-refractivity contribution in [1.29, 1.82) is 0 Å². The summed E-state index contributed by atoms with van der Waals surface area (Å²) in [6.45, 7) is -2.71. The number of aryl methyl sites for hydroxylation is 1. The van der Waals surface area contributed by atoms with Crippen molar-refractivity contribution in [3.63, 3.8) is 0 Å². The fourth-order valence-electron chi connectivity index (χ4n) is 1.97. The van der Waals surface area contributed by atoms with E-state index in [1.54, 1.807) is 6.07 Å². The largest absolute Gasteiger partial charge is 0.321 e. The van der Waals surface area contributed by atoms with Crippen molar-refractivity contribution in [3.05, 3.63) is 33.7 Å². The highest BCUT2D eigenvalue weighted by molar-refractivity contribution is 5.23. The number of fused-ring (bicyclic) bond motifs is 1. The van der Waals surface area contributed by atoms with Gasteiger partial charge >= 0.3 is 6.55 Å². The van der Waals surface area contributed by atoms with Gasteiger partial charge < -0.3 is 0 Å². The normalized spacial score (nSPS) is 15.6. The molecule has 1 heterocycles. The number of rotatable bonds is 1. The van der Waals surface area contributed by atoms with E-state index in [0.717, 1.165) is 24.8 Å². The molecule has 0 unspecified atom stereocenters. The maximum absolute atomic E-state index is 12.6. The molecule has 2 rings (SSSR count). The van der Waals surface area contributed by atoms with Crippen LogP contribution >= 0.6 is 0 Å². The SMILES string of the molecule is O=c1ccc2c(n1C(F)F)CCCC2. The van der Waals surface area contributed by atoms with Crippen LogP contribution in [0.3, 0.4) is 0 Å². The predicted molar refractivity (Wildman–Crippen MR) is 48.6 cm³/mol. The first-order valence-corrected chi connectivity index (χ1v) is 4.71. The first-order chi connectivity index (χ1) is 6.70. The van der Waals surface area contributed by atoms with Crippen molar-refractivity contribution in [2.75, 3.05) is 0 Å². The molecule has 1 aromatic rings. The highest BCUT2D eigenvalue weighted by atomic mass is 19.3. The number of alkyl halides is 2. The molecule has 0 aromatic carbocycles. The van der Waals surface area contributed by atoms with Crippen LogP contribution in [0.15, 0.2) is 16.9 Å². The lowest BCUT2D eigenvalue weighted by atomic mass is 9.96.